The van der Waals surface area contributed by atoms with Gasteiger partial charge in [-0.2, -0.15) is 4.98 Å². The topological polar surface area (TPSA) is 69.2 Å². The lowest BCUT2D eigenvalue weighted by Crippen LogP contribution is -2.18. The maximum Gasteiger partial charge on any atom is 0.247 e. The van der Waals surface area contributed by atoms with Crippen LogP contribution in [0.1, 0.15) is 25.6 Å². The Morgan fingerprint density at radius 2 is 2.04 bits per heavy atom. The number of para-hydroxylation sites is 1. The van der Waals surface area contributed by atoms with Gasteiger partial charge in [-0.05, 0) is 36.9 Å². The highest BCUT2D eigenvalue weighted by molar-refractivity contribution is 9.10. The summed E-state index contributed by atoms with van der Waals surface area (Å²) in [5, 5.41) is 12.7. The van der Waals surface area contributed by atoms with Crippen LogP contribution in [-0.4, -0.2) is 27.5 Å². The van der Waals surface area contributed by atoms with Crippen LogP contribution >= 0.6 is 27.7 Å². The van der Waals surface area contributed by atoms with Crippen LogP contribution in [0.2, 0.25) is 0 Å². The van der Waals surface area contributed by atoms with Gasteiger partial charge in [-0.15, -0.1) is 10.2 Å². The van der Waals surface area contributed by atoms with E-state index in [0.29, 0.717) is 23.3 Å². The zero-order valence-electron chi connectivity index (χ0n) is 15.5. The van der Waals surface area contributed by atoms with Crippen LogP contribution in [0.3, 0.4) is 0 Å². The molecular formula is C20H19BrN4O2S. The number of halogens is 1. The van der Waals surface area contributed by atoms with Crippen LogP contribution in [0.15, 0.2) is 52.1 Å². The number of nitrogens with zero attached hydrogens (tertiary/aromatic N) is 3. The molecule has 3 aromatic rings. The first-order chi connectivity index (χ1) is 13.7. The van der Waals surface area contributed by atoms with Gasteiger partial charge in [-0.3, -0.25) is 0 Å². The third-order valence-corrected chi connectivity index (χ3v) is 5.61. The largest absolute Gasteiger partial charge is 0.494 e. The molecule has 0 unspecified atom stereocenters. The molecule has 0 bridgehead atoms. The van der Waals surface area contributed by atoms with E-state index in [4.69, 9.17) is 9.47 Å². The van der Waals surface area contributed by atoms with Gasteiger partial charge in [0.1, 0.15) is 5.75 Å². The Hall–Kier alpha value is -2.32. The highest BCUT2D eigenvalue weighted by atomic mass is 79.9. The molecule has 0 aliphatic carbocycles. The van der Waals surface area contributed by atoms with Gasteiger partial charge in [0.25, 0.3) is 0 Å². The number of hydrogen-bond acceptors (Lipinski definition) is 7. The van der Waals surface area contributed by atoms with Crippen molar-refractivity contribution < 1.29 is 9.47 Å². The molecule has 6 nitrogen and oxygen atoms in total. The Bertz CT molecular complexity index is 1000. The van der Waals surface area contributed by atoms with E-state index in [1.165, 1.54) is 11.8 Å². The normalized spacial score (nSPS) is 14.9. The molecule has 0 fully saturated rings. The Morgan fingerprint density at radius 3 is 2.86 bits per heavy atom. The van der Waals surface area contributed by atoms with Crippen LogP contribution in [0.25, 0.3) is 11.3 Å². The van der Waals surface area contributed by atoms with Crippen LogP contribution in [0.5, 0.6) is 11.6 Å². The lowest BCUT2D eigenvalue weighted by molar-refractivity contribution is 0.223. The van der Waals surface area contributed by atoms with Crippen molar-refractivity contribution in [2.45, 2.75) is 25.2 Å². The number of rotatable bonds is 5. The van der Waals surface area contributed by atoms with Gasteiger partial charge in [0.2, 0.25) is 11.0 Å². The fourth-order valence-electron chi connectivity index (χ4n) is 2.96. The average Bonchev–Trinajstić information content (AvgIpc) is 2.86. The van der Waals surface area contributed by atoms with E-state index in [-0.39, 0.29) is 0 Å². The molecule has 1 N–H and O–H groups in total. The van der Waals surface area contributed by atoms with Gasteiger partial charge >= 0.3 is 0 Å². The van der Waals surface area contributed by atoms with E-state index in [0.717, 1.165) is 32.8 Å². The third-order valence-electron chi connectivity index (χ3n) is 4.17. The number of anilines is 1. The van der Waals surface area contributed by atoms with Gasteiger partial charge in [0.15, 0.2) is 11.9 Å². The minimum atomic E-state index is -0.464. The minimum Gasteiger partial charge on any atom is -0.494 e. The minimum absolute atomic E-state index is 0.460. The molecule has 8 heteroatoms. The van der Waals surface area contributed by atoms with Gasteiger partial charge in [0, 0.05) is 21.3 Å². The summed E-state index contributed by atoms with van der Waals surface area (Å²) in [6, 6.07) is 13.8. The molecule has 4 rings (SSSR count). The number of thioether (sulfide) groups is 1. The lowest BCUT2D eigenvalue weighted by atomic mass is 10.1. The standard InChI is InChI=1S/C20H19BrN4O2S/c1-3-26-12-9-10-15(21)14(11-12)18-22-16-8-6-5-7-13(16)17-19(27-18)23-20(25-24-17)28-4-2/h5-11,18,22H,3-4H2,1-2H3/t18-/m0/s1. The summed E-state index contributed by atoms with van der Waals surface area (Å²) in [4.78, 5) is 4.61. The highest BCUT2D eigenvalue weighted by Crippen LogP contribution is 2.41. The van der Waals surface area contributed by atoms with Gasteiger partial charge in [-0.1, -0.05) is 52.8 Å². The first-order valence-electron chi connectivity index (χ1n) is 9.02. The van der Waals surface area contributed by atoms with Crippen molar-refractivity contribution in [3.63, 3.8) is 0 Å². The smallest absolute Gasteiger partial charge is 0.247 e. The third kappa shape index (κ3) is 3.79. The molecule has 1 aliphatic rings. The van der Waals surface area contributed by atoms with Gasteiger partial charge in [0.05, 0.1) is 6.61 Å². The summed E-state index contributed by atoms with van der Waals surface area (Å²) in [5.74, 6) is 2.11. The average molecular weight is 459 g/mol. The molecule has 2 aromatic carbocycles. The highest BCUT2D eigenvalue weighted by Gasteiger charge is 2.27. The second-order valence-electron chi connectivity index (χ2n) is 5.99. The molecule has 1 aliphatic heterocycles. The summed E-state index contributed by atoms with van der Waals surface area (Å²) in [6.45, 7) is 4.61. The van der Waals surface area contributed by atoms with E-state index in [1.807, 2.05) is 49.4 Å². The molecule has 0 saturated heterocycles. The molecule has 0 saturated carbocycles. The maximum atomic E-state index is 6.30. The van der Waals surface area contributed by atoms with E-state index in [2.05, 4.69) is 43.4 Å². The predicted molar refractivity (Wildman–Crippen MR) is 114 cm³/mol. The predicted octanol–water partition coefficient (Wildman–Crippen LogP) is 5.31. The molecule has 28 heavy (non-hydrogen) atoms. The van der Waals surface area contributed by atoms with E-state index in [9.17, 15) is 0 Å². The second kappa shape index (κ2) is 8.36. The first kappa shape index (κ1) is 19.0. The maximum absolute atomic E-state index is 6.30. The van der Waals surface area contributed by atoms with Crippen LogP contribution in [0, 0.1) is 0 Å². The molecule has 0 radical (unpaired) electrons. The lowest BCUT2D eigenvalue weighted by Gasteiger charge is -2.21. The summed E-state index contributed by atoms with van der Waals surface area (Å²) in [7, 11) is 0. The van der Waals surface area contributed by atoms with Gasteiger partial charge < -0.3 is 14.8 Å². The van der Waals surface area contributed by atoms with Crippen molar-refractivity contribution in [1.82, 2.24) is 15.2 Å². The molecule has 0 amide bonds. The van der Waals surface area contributed by atoms with Crippen molar-refractivity contribution in [3.8, 4) is 22.9 Å². The Labute approximate surface area is 176 Å². The van der Waals surface area contributed by atoms with E-state index < -0.39 is 6.23 Å². The summed E-state index contributed by atoms with van der Waals surface area (Å²) in [5.41, 5.74) is 3.36. The molecule has 0 spiro atoms. The Morgan fingerprint density at radius 1 is 1.18 bits per heavy atom. The van der Waals surface area contributed by atoms with Crippen LogP contribution in [0.4, 0.5) is 5.69 Å². The van der Waals surface area contributed by atoms with Crippen molar-refractivity contribution in [2.75, 3.05) is 17.7 Å². The fourth-order valence-corrected chi connectivity index (χ4v) is 3.92. The molecular weight excluding hydrogens is 440 g/mol. The number of aromatic nitrogens is 3. The quantitative estimate of drug-likeness (QED) is 0.519. The molecule has 1 aromatic heterocycles. The Kier molecular flexibility index (Phi) is 5.68. The first-order valence-corrected chi connectivity index (χ1v) is 10.8. The van der Waals surface area contributed by atoms with E-state index in [1.54, 1.807) is 0 Å². The van der Waals surface area contributed by atoms with Crippen molar-refractivity contribution in [3.05, 3.63) is 52.5 Å². The monoisotopic (exact) mass is 458 g/mol. The van der Waals surface area contributed by atoms with Crippen molar-refractivity contribution in [2.24, 2.45) is 0 Å². The van der Waals surface area contributed by atoms with Crippen LogP contribution in [-0.2, 0) is 0 Å². The fraction of sp³-hybridized carbons (Fsp3) is 0.250. The number of fused-ring (bicyclic) bond motifs is 3. The summed E-state index contributed by atoms with van der Waals surface area (Å²) < 4.78 is 12.9. The number of ether oxygens (including phenoxy) is 2. The number of nitrogens with one attached hydrogen (secondary N) is 1. The molecule has 144 valence electrons. The van der Waals surface area contributed by atoms with Crippen molar-refractivity contribution in [1.29, 1.82) is 0 Å². The SMILES string of the molecule is CCOc1ccc(Br)c([C@H]2Nc3ccccc3-c3nnc(SCC)nc3O2)c1. The van der Waals surface area contributed by atoms with Crippen LogP contribution < -0.4 is 14.8 Å². The molecule has 2 heterocycles. The number of benzene rings is 2. The zero-order chi connectivity index (χ0) is 19.5. The second-order valence-corrected chi connectivity index (χ2v) is 8.07. The summed E-state index contributed by atoms with van der Waals surface area (Å²) in [6.07, 6.45) is -0.464. The van der Waals surface area contributed by atoms with E-state index >= 15 is 0 Å². The number of hydrogen-bond donors (Lipinski definition) is 1. The Balaban J connectivity index is 1.82. The van der Waals surface area contributed by atoms with Crippen molar-refractivity contribution >= 4 is 33.4 Å². The zero-order valence-corrected chi connectivity index (χ0v) is 17.9. The molecule has 1 atom stereocenters. The van der Waals surface area contributed by atoms with Gasteiger partial charge in [-0.25, -0.2) is 0 Å². The summed E-state index contributed by atoms with van der Waals surface area (Å²) >= 11 is 5.16.